The topological polar surface area (TPSA) is 26.0 Å². The SMILES string of the molecule is CCCCCCCCCCC(F)CCN. The van der Waals surface area contributed by atoms with Gasteiger partial charge >= 0.3 is 0 Å². The van der Waals surface area contributed by atoms with Crippen molar-refractivity contribution >= 4 is 0 Å². The summed E-state index contributed by atoms with van der Waals surface area (Å²) in [5.41, 5.74) is 5.29. The summed E-state index contributed by atoms with van der Waals surface area (Å²) >= 11 is 0. The molecule has 0 fully saturated rings. The fourth-order valence-electron chi connectivity index (χ4n) is 1.82. The van der Waals surface area contributed by atoms with Crippen LogP contribution in [0.2, 0.25) is 0 Å². The Morgan fingerprint density at radius 2 is 1.40 bits per heavy atom. The van der Waals surface area contributed by atoms with Crippen LogP contribution in [-0.2, 0) is 0 Å². The Kier molecular flexibility index (Phi) is 11.9. The Labute approximate surface area is 94.6 Å². The standard InChI is InChI=1S/C13H28FN/c1-2-3-4-5-6-7-8-9-10-13(14)11-12-15/h13H,2-12,15H2,1H3. The first-order chi connectivity index (χ1) is 7.31. The van der Waals surface area contributed by atoms with Gasteiger partial charge in [0.05, 0.1) is 0 Å². The van der Waals surface area contributed by atoms with Crippen LogP contribution in [0, 0.1) is 0 Å². The molecule has 0 amide bonds. The molecule has 0 radical (unpaired) electrons. The predicted octanol–water partition coefficient (Wildman–Crippen LogP) is 4.20. The molecule has 0 saturated heterocycles. The second kappa shape index (κ2) is 12.0. The van der Waals surface area contributed by atoms with Crippen LogP contribution in [0.25, 0.3) is 0 Å². The van der Waals surface area contributed by atoms with E-state index in [1.807, 2.05) is 0 Å². The minimum atomic E-state index is -0.657. The normalized spacial score (nSPS) is 13.0. The molecule has 15 heavy (non-hydrogen) atoms. The first-order valence-electron chi connectivity index (χ1n) is 6.65. The lowest BCUT2D eigenvalue weighted by Gasteiger charge is -2.06. The molecular formula is C13H28FN. The van der Waals surface area contributed by atoms with Gasteiger partial charge in [-0.1, -0.05) is 58.3 Å². The lowest BCUT2D eigenvalue weighted by molar-refractivity contribution is 0.290. The largest absolute Gasteiger partial charge is 0.330 e. The van der Waals surface area contributed by atoms with Crippen molar-refractivity contribution in [2.75, 3.05) is 6.54 Å². The molecule has 92 valence electrons. The molecule has 0 aromatic heterocycles. The maximum Gasteiger partial charge on any atom is 0.101 e. The summed E-state index contributed by atoms with van der Waals surface area (Å²) in [6.45, 7) is 2.72. The highest BCUT2D eigenvalue weighted by molar-refractivity contribution is 4.57. The molecule has 0 spiro atoms. The van der Waals surface area contributed by atoms with Gasteiger partial charge in [0.15, 0.2) is 0 Å². The van der Waals surface area contributed by atoms with E-state index < -0.39 is 6.17 Å². The van der Waals surface area contributed by atoms with Crippen LogP contribution in [-0.4, -0.2) is 12.7 Å². The number of hydrogen-bond donors (Lipinski definition) is 1. The summed E-state index contributed by atoms with van der Waals surface area (Å²) in [7, 11) is 0. The average Bonchev–Trinajstić information content (AvgIpc) is 2.22. The minimum absolute atomic E-state index is 0.484. The fraction of sp³-hybridized carbons (Fsp3) is 1.00. The van der Waals surface area contributed by atoms with E-state index in [1.54, 1.807) is 0 Å². The van der Waals surface area contributed by atoms with E-state index in [-0.39, 0.29) is 0 Å². The van der Waals surface area contributed by atoms with Crippen LogP contribution in [0.1, 0.15) is 71.1 Å². The van der Waals surface area contributed by atoms with Gasteiger partial charge in [-0.25, -0.2) is 4.39 Å². The zero-order valence-corrected chi connectivity index (χ0v) is 10.3. The summed E-state index contributed by atoms with van der Waals surface area (Å²) in [6.07, 6.45) is 10.8. The first kappa shape index (κ1) is 14.9. The van der Waals surface area contributed by atoms with Gasteiger partial charge in [-0.05, 0) is 19.4 Å². The number of hydrogen-bond acceptors (Lipinski definition) is 1. The number of halogens is 1. The molecule has 0 heterocycles. The van der Waals surface area contributed by atoms with Crippen molar-refractivity contribution in [1.29, 1.82) is 0 Å². The van der Waals surface area contributed by atoms with Crippen molar-refractivity contribution in [2.24, 2.45) is 5.73 Å². The molecule has 0 rings (SSSR count). The maximum atomic E-state index is 13.0. The zero-order valence-electron chi connectivity index (χ0n) is 10.3. The van der Waals surface area contributed by atoms with E-state index in [1.165, 1.54) is 44.9 Å². The number of nitrogens with two attached hydrogens (primary N) is 1. The molecule has 1 nitrogen and oxygen atoms in total. The lowest BCUT2D eigenvalue weighted by atomic mass is 10.1. The van der Waals surface area contributed by atoms with E-state index in [2.05, 4.69) is 6.92 Å². The lowest BCUT2D eigenvalue weighted by Crippen LogP contribution is -2.08. The van der Waals surface area contributed by atoms with Crippen LogP contribution in [0.15, 0.2) is 0 Å². The smallest absolute Gasteiger partial charge is 0.101 e. The quantitative estimate of drug-likeness (QED) is 0.516. The van der Waals surface area contributed by atoms with Gasteiger partial charge in [-0.15, -0.1) is 0 Å². The van der Waals surface area contributed by atoms with Gasteiger partial charge in [0, 0.05) is 0 Å². The number of unbranched alkanes of at least 4 members (excludes halogenated alkanes) is 7. The van der Waals surface area contributed by atoms with E-state index in [9.17, 15) is 4.39 Å². The third-order valence-corrected chi connectivity index (χ3v) is 2.85. The Morgan fingerprint density at radius 1 is 0.867 bits per heavy atom. The maximum absolute atomic E-state index is 13.0. The van der Waals surface area contributed by atoms with Crippen LogP contribution in [0.5, 0.6) is 0 Å². The van der Waals surface area contributed by atoms with Gasteiger partial charge < -0.3 is 5.73 Å². The Balaban J connectivity index is 2.98. The van der Waals surface area contributed by atoms with Crippen LogP contribution in [0.4, 0.5) is 4.39 Å². The number of rotatable bonds is 11. The molecule has 0 aromatic carbocycles. The molecule has 0 saturated carbocycles. The fourth-order valence-corrected chi connectivity index (χ4v) is 1.82. The predicted molar refractivity (Wildman–Crippen MR) is 65.8 cm³/mol. The second-order valence-corrected chi connectivity index (χ2v) is 4.44. The molecule has 2 heteroatoms. The van der Waals surface area contributed by atoms with Crippen molar-refractivity contribution in [2.45, 2.75) is 77.3 Å². The second-order valence-electron chi connectivity index (χ2n) is 4.44. The van der Waals surface area contributed by atoms with Crippen molar-refractivity contribution in [3.63, 3.8) is 0 Å². The van der Waals surface area contributed by atoms with Gasteiger partial charge in [-0.2, -0.15) is 0 Å². The number of alkyl halides is 1. The molecular weight excluding hydrogens is 189 g/mol. The van der Waals surface area contributed by atoms with Crippen molar-refractivity contribution in [3.8, 4) is 0 Å². The third kappa shape index (κ3) is 11.8. The summed E-state index contributed by atoms with van der Waals surface area (Å²) in [4.78, 5) is 0. The molecule has 0 bridgehead atoms. The van der Waals surface area contributed by atoms with Crippen molar-refractivity contribution in [1.82, 2.24) is 0 Å². The Bertz CT molecular complexity index is 117. The Hall–Kier alpha value is -0.110. The van der Waals surface area contributed by atoms with Crippen molar-refractivity contribution < 1.29 is 4.39 Å². The molecule has 0 aromatic rings. The Morgan fingerprint density at radius 3 is 1.93 bits per heavy atom. The monoisotopic (exact) mass is 217 g/mol. The molecule has 0 aliphatic carbocycles. The molecule has 2 N–H and O–H groups in total. The van der Waals surface area contributed by atoms with E-state index in [0.29, 0.717) is 19.4 Å². The van der Waals surface area contributed by atoms with Crippen LogP contribution in [0.3, 0.4) is 0 Å². The molecule has 1 atom stereocenters. The van der Waals surface area contributed by atoms with E-state index in [0.717, 1.165) is 6.42 Å². The third-order valence-electron chi connectivity index (χ3n) is 2.85. The summed E-state index contributed by atoms with van der Waals surface area (Å²) < 4.78 is 13.0. The summed E-state index contributed by atoms with van der Waals surface area (Å²) in [5, 5.41) is 0. The molecule has 1 unspecified atom stereocenters. The molecule has 0 aliphatic rings. The molecule has 0 aliphatic heterocycles. The highest BCUT2D eigenvalue weighted by Gasteiger charge is 2.03. The van der Waals surface area contributed by atoms with Gasteiger partial charge in [0.2, 0.25) is 0 Å². The van der Waals surface area contributed by atoms with Gasteiger partial charge in [0.25, 0.3) is 0 Å². The van der Waals surface area contributed by atoms with Crippen molar-refractivity contribution in [3.05, 3.63) is 0 Å². The zero-order chi connectivity index (χ0) is 11.4. The van der Waals surface area contributed by atoms with Gasteiger partial charge in [0.1, 0.15) is 6.17 Å². The highest BCUT2D eigenvalue weighted by atomic mass is 19.1. The van der Waals surface area contributed by atoms with E-state index in [4.69, 9.17) is 5.73 Å². The first-order valence-corrected chi connectivity index (χ1v) is 6.65. The highest BCUT2D eigenvalue weighted by Crippen LogP contribution is 2.12. The van der Waals surface area contributed by atoms with E-state index >= 15 is 0 Å². The average molecular weight is 217 g/mol. The van der Waals surface area contributed by atoms with Crippen LogP contribution < -0.4 is 5.73 Å². The summed E-state index contributed by atoms with van der Waals surface area (Å²) in [6, 6.07) is 0. The summed E-state index contributed by atoms with van der Waals surface area (Å²) in [5.74, 6) is 0. The van der Waals surface area contributed by atoms with Crippen LogP contribution >= 0.6 is 0 Å². The minimum Gasteiger partial charge on any atom is -0.330 e. The van der Waals surface area contributed by atoms with Gasteiger partial charge in [-0.3, -0.25) is 0 Å².